The first-order valence-electron chi connectivity index (χ1n) is 6.10. The summed E-state index contributed by atoms with van der Waals surface area (Å²) < 4.78 is 0. The van der Waals surface area contributed by atoms with Crippen LogP contribution >= 0.6 is 0 Å². The standard InChI is InChI=1S/C15H27B/c1-8-12(11-15(6,7)16)10-13(9-2)14(3,4)5/h8-10H,2,11,16H2,1,3-7H3/b12-8+,13-10+. The molecule has 0 bridgehead atoms. The normalized spacial score (nSPS) is 15.1. The highest BCUT2D eigenvalue weighted by atomic mass is 14.2. The van der Waals surface area contributed by atoms with Crippen LogP contribution in [-0.4, -0.2) is 7.85 Å². The van der Waals surface area contributed by atoms with Crippen molar-refractivity contribution in [2.75, 3.05) is 0 Å². The third-order valence-electron chi connectivity index (χ3n) is 2.53. The van der Waals surface area contributed by atoms with Crippen LogP contribution < -0.4 is 0 Å². The predicted molar refractivity (Wildman–Crippen MR) is 78.7 cm³/mol. The van der Waals surface area contributed by atoms with Gasteiger partial charge >= 0.3 is 0 Å². The fourth-order valence-electron chi connectivity index (χ4n) is 1.63. The first kappa shape index (κ1) is 15.3. The summed E-state index contributed by atoms with van der Waals surface area (Å²) in [5, 5.41) is 0.336. The van der Waals surface area contributed by atoms with E-state index >= 15 is 0 Å². The molecule has 0 atom stereocenters. The molecule has 0 aromatic carbocycles. The van der Waals surface area contributed by atoms with Crippen molar-refractivity contribution in [3.05, 3.63) is 36.0 Å². The van der Waals surface area contributed by atoms with Crippen LogP contribution in [0.3, 0.4) is 0 Å². The van der Waals surface area contributed by atoms with Crippen LogP contribution in [0.5, 0.6) is 0 Å². The molecule has 0 radical (unpaired) electrons. The molecular formula is C15H27B. The molecule has 0 aromatic rings. The van der Waals surface area contributed by atoms with Crippen molar-refractivity contribution < 1.29 is 0 Å². The average Bonchev–Trinajstić information content (AvgIpc) is 2.07. The Hall–Kier alpha value is -0.715. The van der Waals surface area contributed by atoms with Gasteiger partial charge in [-0.3, -0.25) is 0 Å². The van der Waals surface area contributed by atoms with Crippen LogP contribution in [-0.2, 0) is 0 Å². The summed E-state index contributed by atoms with van der Waals surface area (Å²) in [6.45, 7) is 17.3. The third-order valence-corrected chi connectivity index (χ3v) is 2.53. The Bertz CT molecular complexity index is 292. The van der Waals surface area contributed by atoms with Crippen molar-refractivity contribution in [3.63, 3.8) is 0 Å². The van der Waals surface area contributed by atoms with E-state index in [2.05, 4.69) is 68.1 Å². The van der Waals surface area contributed by atoms with Crippen LogP contribution in [0.1, 0.15) is 48.0 Å². The largest absolute Gasteiger partial charge is 0.109 e. The number of rotatable bonds is 4. The van der Waals surface area contributed by atoms with Crippen LogP contribution in [0.4, 0.5) is 0 Å². The van der Waals surface area contributed by atoms with Crippen molar-refractivity contribution in [3.8, 4) is 0 Å². The SMILES string of the molecule is BC(C)(C)CC(=C/C)/C=C(\C=C)C(C)(C)C. The molecule has 0 aromatic heterocycles. The van der Waals surface area contributed by atoms with E-state index in [0.717, 1.165) is 6.42 Å². The Morgan fingerprint density at radius 1 is 1.19 bits per heavy atom. The highest BCUT2D eigenvalue weighted by Crippen LogP contribution is 2.32. The van der Waals surface area contributed by atoms with Crippen LogP contribution in [0.25, 0.3) is 0 Å². The Morgan fingerprint density at radius 2 is 1.69 bits per heavy atom. The van der Waals surface area contributed by atoms with Gasteiger partial charge in [0, 0.05) is 0 Å². The number of allylic oxidation sites excluding steroid dienone is 5. The second-order valence-corrected chi connectivity index (χ2v) is 6.65. The van der Waals surface area contributed by atoms with Gasteiger partial charge in [0.25, 0.3) is 0 Å². The Kier molecular flexibility index (Phi) is 5.32. The molecule has 0 aliphatic rings. The minimum absolute atomic E-state index is 0.174. The Balaban J connectivity index is 5.02. The highest BCUT2D eigenvalue weighted by molar-refractivity contribution is 6.14. The summed E-state index contributed by atoms with van der Waals surface area (Å²) in [6.07, 6.45) is 7.59. The van der Waals surface area contributed by atoms with Gasteiger partial charge in [-0.25, -0.2) is 0 Å². The summed E-state index contributed by atoms with van der Waals surface area (Å²) in [5.74, 6) is 0. The lowest BCUT2D eigenvalue weighted by Gasteiger charge is -2.23. The average molecular weight is 218 g/mol. The van der Waals surface area contributed by atoms with E-state index in [0.29, 0.717) is 5.31 Å². The summed E-state index contributed by atoms with van der Waals surface area (Å²) in [7, 11) is 2.27. The van der Waals surface area contributed by atoms with Crippen molar-refractivity contribution in [2.24, 2.45) is 5.41 Å². The molecule has 0 saturated carbocycles. The molecule has 0 aliphatic carbocycles. The molecule has 0 N–H and O–H groups in total. The lowest BCUT2D eigenvalue weighted by molar-refractivity contribution is 0.516. The molecule has 0 fully saturated rings. The predicted octanol–water partition coefficient (Wildman–Crippen LogP) is 4.31. The Labute approximate surface area is 103 Å². The third kappa shape index (κ3) is 6.00. The van der Waals surface area contributed by atoms with Crippen molar-refractivity contribution in [1.82, 2.24) is 0 Å². The van der Waals surface area contributed by atoms with Gasteiger partial charge < -0.3 is 0 Å². The maximum atomic E-state index is 3.92. The molecule has 0 aliphatic heterocycles. The molecule has 0 unspecified atom stereocenters. The monoisotopic (exact) mass is 218 g/mol. The lowest BCUT2D eigenvalue weighted by atomic mass is 9.68. The van der Waals surface area contributed by atoms with Crippen molar-refractivity contribution in [2.45, 2.75) is 53.3 Å². The molecule has 0 amide bonds. The molecular weight excluding hydrogens is 191 g/mol. The van der Waals surface area contributed by atoms with E-state index < -0.39 is 0 Å². The van der Waals surface area contributed by atoms with Crippen molar-refractivity contribution >= 4 is 7.85 Å². The number of hydrogen-bond acceptors (Lipinski definition) is 0. The van der Waals surface area contributed by atoms with E-state index in [9.17, 15) is 0 Å². The summed E-state index contributed by atoms with van der Waals surface area (Å²) >= 11 is 0. The Morgan fingerprint density at radius 3 is 1.94 bits per heavy atom. The topological polar surface area (TPSA) is 0 Å². The van der Waals surface area contributed by atoms with Gasteiger partial charge in [-0.2, -0.15) is 0 Å². The molecule has 0 saturated heterocycles. The molecule has 0 nitrogen and oxygen atoms in total. The molecule has 1 heteroatoms. The van der Waals surface area contributed by atoms with E-state index in [1.165, 1.54) is 11.1 Å². The van der Waals surface area contributed by atoms with Gasteiger partial charge in [0.05, 0.1) is 0 Å². The van der Waals surface area contributed by atoms with E-state index in [1.807, 2.05) is 6.08 Å². The molecule has 0 spiro atoms. The van der Waals surface area contributed by atoms with Gasteiger partial charge in [0.1, 0.15) is 7.85 Å². The smallest absolute Gasteiger partial charge is 0.0988 e. The fourth-order valence-corrected chi connectivity index (χ4v) is 1.63. The first-order chi connectivity index (χ1) is 7.10. The van der Waals surface area contributed by atoms with Gasteiger partial charge in [0.2, 0.25) is 0 Å². The van der Waals surface area contributed by atoms with Gasteiger partial charge in [0.15, 0.2) is 0 Å². The van der Waals surface area contributed by atoms with Crippen LogP contribution in [0.2, 0.25) is 5.31 Å². The molecule has 16 heavy (non-hydrogen) atoms. The zero-order chi connectivity index (χ0) is 13.0. The van der Waals surface area contributed by atoms with Gasteiger partial charge in [-0.15, -0.1) is 0 Å². The van der Waals surface area contributed by atoms with Crippen LogP contribution in [0.15, 0.2) is 36.0 Å². The quantitative estimate of drug-likeness (QED) is 0.487. The fraction of sp³-hybridized carbons (Fsp3) is 0.600. The number of hydrogen-bond donors (Lipinski definition) is 0. The minimum Gasteiger partial charge on any atom is -0.0988 e. The van der Waals surface area contributed by atoms with E-state index in [1.54, 1.807) is 0 Å². The molecule has 0 heterocycles. The molecule has 90 valence electrons. The second kappa shape index (κ2) is 5.56. The lowest BCUT2D eigenvalue weighted by Crippen LogP contribution is -2.09. The highest BCUT2D eigenvalue weighted by Gasteiger charge is 2.16. The molecule has 0 rings (SSSR count). The minimum atomic E-state index is 0.174. The summed E-state index contributed by atoms with van der Waals surface area (Å²) in [5.41, 5.74) is 2.88. The maximum Gasteiger partial charge on any atom is 0.109 e. The summed E-state index contributed by atoms with van der Waals surface area (Å²) in [4.78, 5) is 0. The zero-order valence-corrected chi connectivity index (χ0v) is 12.1. The first-order valence-corrected chi connectivity index (χ1v) is 6.10. The van der Waals surface area contributed by atoms with E-state index in [4.69, 9.17) is 0 Å². The van der Waals surface area contributed by atoms with Gasteiger partial charge in [-0.1, -0.05) is 70.3 Å². The van der Waals surface area contributed by atoms with E-state index in [-0.39, 0.29) is 5.41 Å². The van der Waals surface area contributed by atoms with Gasteiger partial charge in [-0.05, 0) is 24.3 Å². The van der Waals surface area contributed by atoms with Crippen molar-refractivity contribution in [1.29, 1.82) is 0 Å². The maximum absolute atomic E-state index is 3.92. The summed E-state index contributed by atoms with van der Waals surface area (Å²) in [6, 6.07) is 0. The van der Waals surface area contributed by atoms with Crippen LogP contribution in [0, 0.1) is 5.41 Å². The zero-order valence-electron chi connectivity index (χ0n) is 12.1. The second-order valence-electron chi connectivity index (χ2n) is 6.65.